The van der Waals surface area contributed by atoms with Crippen LogP contribution in [0.3, 0.4) is 0 Å². The fourth-order valence-electron chi connectivity index (χ4n) is 2.94. The maximum absolute atomic E-state index is 11.3. The Morgan fingerprint density at radius 3 is 2.21 bits per heavy atom. The summed E-state index contributed by atoms with van der Waals surface area (Å²) in [6.45, 7) is 1.56. The van der Waals surface area contributed by atoms with Gasteiger partial charge in [-0.2, -0.15) is 0 Å². The predicted octanol–water partition coefficient (Wildman–Crippen LogP) is 3.53. The molecular formula is C17H17NO. The van der Waals surface area contributed by atoms with Crippen LogP contribution in [0.5, 0.6) is 0 Å². The van der Waals surface area contributed by atoms with Crippen molar-refractivity contribution in [3.8, 4) is 0 Å². The van der Waals surface area contributed by atoms with Gasteiger partial charge in [-0.05, 0) is 41.5 Å². The molecule has 2 heteroatoms. The molecule has 1 N–H and O–H groups in total. The first kappa shape index (κ1) is 12.0. The summed E-state index contributed by atoms with van der Waals surface area (Å²) in [6, 6.07) is 16.7. The van der Waals surface area contributed by atoms with Crippen LogP contribution in [0.1, 0.15) is 29.5 Å². The van der Waals surface area contributed by atoms with Crippen molar-refractivity contribution in [1.82, 2.24) is 0 Å². The molecule has 0 heterocycles. The molecule has 0 radical (unpaired) electrons. The average molecular weight is 251 g/mol. The molecule has 1 aliphatic rings. The Kier molecular flexibility index (Phi) is 3.08. The van der Waals surface area contributed by atoms with E-state index in [0.29, 0.717) is 5.92 Å². The number of nitrogens with one attached hydrogen (secondary N) is 1. The molecule has 2 aromatic rings. The highest BCUT2D eigenvalue weighted by molar-refractivity contribution is 5.89. The molecule has 0 atom stereocenters. The van der Waals surface area contributed by atoms with E-state index in [1.165, 1.54) is 16.7 Å². The maximum atomic E-state index is 11.3. The first-order chi connectivity index (χ1) is 9.24. The Morgan fingerprint density at radius 2 is 1.58 bits per heavy atom. The van der Waals surface area contributed by atoms with Crippen LogP contribution >= 0.6 is 0 Å². The highest BCUT2D eigenvalue weighted by Gasteiger charge is 2.24. The minimum absolute atomic E-state index is 0.0111. The summed E-state index contributed by atoms with van der Waals surface area (Å²) >= 11 is 0. The van der Waals surface area contributed by atoms with Crippen LogP contribution in [-0.2, 0) is 17.6 Å². The topological polar surface area (TPSA) is 29.1 Å². The number of rotatable bonds is 2. The molecule has 0 fully saturated rings. The zero-order chi connectivity index (χ0) is 13.2. The molecule has 1 aliphatic carbocycles. The second-order valence-corrected chi connectivity index (χ2v) is 5.14. The molecule has 0 spiro atoms. The second kappa shape index (κ2) is 4.88. The third-order valence-corrected chi connectivity index (χ3v) is 3.76. The van der Waals surface area contributed by atoms with Crippen LogP contribution in [0, 0.1) is 0 Å². The van der Waals surface area contributed by atoms with E-state index in [1.807, 2.05) is 18.2 Å². The van der Waals surface area contributed by atoms with Gasteiger partial charge in [-0.15, -0.1) is 0 Å². The smallest absolute Gasteiger partial charge is 0.221 e. The normalized spacial score (nSPS) is 14.2. The molecule has 96 valence electrons. The van der Waals surface area contributed by atoms with Gasteiger partial charge in [0.2, 0.25) is 5.91 Å². The van der Waals surface area contributed by atoms with Gasteiger partial charge < -0.3 is 5.32 Å². The van der Waals surface area contributed by atoms with Gasteiger partial charge in [0, 0.05) is 12.6 Å². The van der Waals surface area contributed by atoms with Gasteiger partial charge in [-0.1, -0.05) is 42.5 Å². The SMILES string of the molecule is CC(=O)Nc1ccccc1C1Cc2ccccc2C1. The fourth-order valence-corrected chi connectivity index (χ4v) is 2.94. The number of carbonyl (C=O) groups is 1. The van der Waals surface area contributed by atoms with Crippen molar-refractivity contribution < 1.29 is 4.79 Å². The molecule has 0 aliphatic heterocycles. The summed E-state index contributed by atoms with van der Waals surface area (Å²) in [4.78, 5) is 11.3. The van der Waals surface area contributed by atoms with Crippen LogP contribution in [0.4, 0.5) is 5.69 Å². The standard InChI is InChI=1S/C17H17NO/c1-12(19)18-17-9-5-4-8-16(17)15-10-13-6-2-3-7-14(13)11-15/h2-9,15H,10-11H2,1H3,(H,18,19). The number of anilines is 1. The average Bonchev–Trinajstić information content (AvgIpc) is 2.82. The van der Waals surface area contributed by atoms with E-state index in [0.717, 1.165) is 18.5 Å². The van der Waals surface area contributed by atoms with Crippen molar-refractivity contribution in [2.24, 2.45) is 0 Å². The third-order valence-electron chi connectivity index (χ3n) is 3.76. The predicted molar refractivity (Wildman–Crippen MR) is 77.3 cm³/mol. The molecular weight excluding hydrogens is 234 g/mol. The molecule has 2 aromatic carbocycles. The van der Waals surface area contributed by atoms with E-state index in [2.05, 4.69) is 35.6 Å². The van der Waals surface area contributed by atoms with Crippen molar-refractivity contribution in [3.63, 3.8) is 0 Å². The minimum atomic E-state index is -0.0111. The van der Waals surface area contributed by atoms with Crippen LogP contribution in [0.25, 0.3) is 0 Å². The van der Waals surface area contributed by atoms with Gasteiger partial charge in [0.05, 0.1) is 0 Å². The number of amides is 1. The maximum Gasteiger partial charge on any atom is 0.221 e. The van der Waals surface area contributed by atoms with Crippen LogP contribution in [-0.4, -0.2) is 5.91 Å². The van der Waals surface area contributed by atoms with Crippen LogP contribution in [0.15, 0.2) is 48.5 Å². The van der Waals surface area contributed by atoms with E-state index in [1.54, 1.807) is 6.92 Å². The summed E-state index contributed by atoms with van der Waals surface area (Å²) in [5, 5.41) is 2.94. The van der Waals surface area contributed by atoms with Gasteiger partial charge in [-0.3, -0.25) is 4.79 Å². The Balaban J connectivity index is 1.91. The van der Waals surface area contributed by atoms with Crippen molar-refractivity contribution in [2.75, 3.05) is 5.32 Å². The third kappa shape index (κ3) is 2.39. The molecule has 0 saturated heterocycles. The molecule has 0 unspecified atom stereocenters. The summed E-state index contributed by atoms with van der Waals surface area (Å²) in [7, 11) is 0. The molecule has 19 heavy (non-hydrogen) atoms. The van der Waals surface area contributed by atoms with Crippen LogP contribution in [0.2, 0.25) is 0 Å². The highest BCUT2D eigenvalue weighted by atomic mass is 16.1. The lowest BCUT2D eigenvalue weighted by Crippen LogP contribution is -2.10. The van der Waals surface area contributed by atoms with Gasteiger partial charge in [0.15, 0.2) is 0 Å². The summed E-state index contributed by atoms with van der Waals surface area (Å²) in [5.74, 6) is 0.461. The Bertz CT molecular complexity index is 593. The van der Waals surface area contributed by atoms with Gasteiger partial charge >= 0.3 is 0 Å². The van der Waals surface area contributed by atoms with E-state index in [-0.39, 0.29) is 5.91 Å². The van der Waals surface area contributed by atoms with E-state index < -0.39 is 0 Å². The summed E-state index contributed by atoms with van der Waals surface area (Å²) in [6.07, 6.45) is 2.12. The van der Waals surface area contributed by atoms with Crippen molar-refractivity contribution in [1.29, 1.82) is 0 Å². The fraction of sp³-hybridized carbons (Fsp3) is 0.235. The molecule has 2 nitrogen and oxygen atoms in total. The van der Waals surface area contributed by atoms with E-state index >= 15 is 0 Å². The molecule has 1 amide bonds. The zero-order valence-electron chi connectivity index (χ0n) is 11.0. The van der Waals surface area contributed by atoms with Gasteiger partial charge in [0.25, 0.3) is 0 Å². The number of hydrogen-bond donors (Lipinski definition) is 1. The van der Waals surface area contributed by atoms with Crippen LogP contribution < -0.4 is 5.32 Å². The van der Waals surface area contributed by atoms with E-state index in [9.17, 15) is 4.79 Å². The zero-order valence-corrected chi connectivity index (χ0v) is 11.0. The number of hydrogen-bond acceptors (Lipinski definition) is 1. The molecule has 0 bridgehead atoms. The molecule has 0 saturated carbocycles. The first-order valence-corrected chi connectivity index (χ1v) is 6.67. The van der Waals surface area contributed by atoms with Crippen molar-refractivity contribution in [3.05, 3.63) is 65.2 Å². The number of benzene rings is 2. The van der Waals surface area contributed by atoms with E-state index in [4.69, 9.17) is 0 Å². The van der Waals surface area contributed by atoms with Gasteiger partial charge in [0.1, 0.15) is 0 Å². The lowest BCUT2D eigenvalue weighted by atomic mass is 9.94. The summed E-state index contributed by atoms with van der Waals surface area (Å²) < 4.78 is 0. The monoisotopic (exact) mass is 251 g/mol. The largest absolute Gasteiger partial charge is 0.326 e. The number of carbonyl (C=O) groups excluding carboxylic acids is 1. The van der Waals surface area contributed by atoms with Crippen molar-refractivity contribution >= 4 is 11.6 Å². The summed E-state index contributed by atoms with van der Waals surface area (Å²) in [5.41, 5.74) is 5.07. The number of para-hydroxylation sites is 1. The quantitative estimate of drug-likeness (QED) is 0.869. The Hall–Kier alpha value is -2.09. The Labute approximate surface area is 113 Å². The second-order valence-electron chi connectivity index (χ2n) is 5.14. The van der Waals surface area contributed by atoms with Gasteiger partial charge in [-0.25, -0.2) is 0 Å². The number of fused-ring (bicyclic) bond motifs is 1. The van der Waals surface area contributed by atoms with Crippen molar-refractivity contribution in [2.45, 2.75) is 25.7 Å². The molecule has 3 rings (SSSR count). The first-order valence-electron chi connectivity index (χ1n) is 6.67. The molecule has 0 aromatic heterocycles. The lowest BCUT2D eigenvalue weighted by molar-refractivity contribution is -0.114. The minimum Gasteiger partial charge on any atom is -0.326 e. The Morgan fingerprint density at radius 1 is 1.00 bits per heavy atom. The highest BCUT2D eigenvalue weighted by Crippen LogP contribution is 2.36. The lowest BCUT2D eigenvalue weighted by Gasteiger charge is -2.15.